The number of rotatable bonds is 8. The van der Waals surface area contributed by atoms with Gasteiger partial charge in [0.05, 0.1) is 34.5 Å². The van der Waals surface area contributed by atoms with E-state index in [4.69, 9.17) is 14.7 Å². The Morgan fingerprint density at radius 1 is 1.02 bits per heavy atom. The summed E-state index contributed by atoms with van der Waals surface area (Å²) >= 11 is 3.62. The Morgan fingerprint density at radius 3 is 2.57 bits per heavy atom. The Hall–Kier alpha value is -3.73. The van der Waals surface area contributed by atoms with Crippen LogP contribution in [0.15, 0.2) is 53.7 Å². The lowest BCUT2D eigenvalue weighted by Crippen LogP contribution is -2.27. The van der Waals surface area contributed by atoms with Gasteiger partial charge >= 0.3 is 0 Å². The summed E-state index contributed by atoms with van der Waals surface area (Å²) in [4.78, 5) is 23.5. The Balaban J connectivity index is 1.37. The highest BCUT2D eigenvalue weighted by Crippen LogP contribution is 2.39. The first-order valence-electron chi connectivity index (χ1n) is 13.7. The third-order valence-electron chi connectivity index (χ3n) is 7.26. The van der Waals surface area contributed by atoms with Crippen molar-refractivity contribution in [3.63, 3.8) is 0 Å². The molecule has 42 heavy (non-hydrogen) atoms. The quantitative estimate of drug-likeness (QED) is 0.191. The van der Waals surface area contributed by atoms with Crippen molar-refractivity contribution in [2.24, 2.45) is 7.05 Å². The molecule has 0 spiro atoms. The van der Waals surface area contributed by atoms with E-state index in [9.17, 15) is 0 Å². The van der Waals surface area contributed by atoms with Gasteiger partial charge in [-0.15, -0.1) is 0 Å². The second kappa shape index (κ2) is 12.2. The van der Waals surface area contributed by atoms with Gasteiger partial charge in [0.15, 0.2) is 0 Å². The predicted octanol–water partition coefficient (Wildman–Crippen LogP) is 5.31. The van der Waals surface area contributed by atoms with E-state index in [0.29, 0.717) is 29.3 Å². The minimum Gasteiger partial charge on any atom is -0.480 e. The van der Waals surface area contributed by atoms with Gasteiger partial charge in [-0.1, -0.05) is 7.92 Å². The number of nitrogens with zero attached hydrogens (tertiary/aromatic N) is 7. The number of hydrogen-bond acceptors (Lipinski definition) is 10. The van der Waals surface area contributed by atoms with E-state index in [-0.39, 0.29) is 0 Å². The highest BCUT2D eigenvalue weighted by atomic mass is 79.9. The molecule has 0 aliphatic carbocycles. The fraction of sp³-hybridized carbons (Fsp3) is 0.310. The first-order chi connectivity index (χ1) is 20.4. The zero-order chi connectivity index (χ0) is 29.2. The molecule has 5 aromatic rings. The maximum atomic E-state index is 5.78. The number of ether oxygens (including phenoxy) is 1. The van der Waals surface area contributed by atoms with Crippen LogP contribution in [-0.2, 0) is 7.05 Å². The summed E-state index contributed by atoms with van der Waals surface area (Å²) in [5.41, 5.74) is 6.43. The summed E-state index contributed by atoms with van der Waals surface area (Å²) < 4.78 is 8.32. The second-order valence-electron chi connectivity index (χ2n) is 10.3. The van der Waals surface area contributed by atoms with Gasteiger partial charge in [-0.05, 0) is 73.4 Å². The molecule has 0 saturated carbocycles. The number of pyridine rings is 1. The van der Waals surface area contributed by atoms with Crippen molar-refractivity contribution in [2.75, 3.05) is 44.2 Å². The summed E-state index contributed by atoms with van der Waals surface area (Å²) in [5, 5.41) is 15.9. The Labute approximate surface area is 253 Å². The van der Waals surface area contributed by atoms with E-state index in [1.54, 1.807) is 30.4 Å². The van der Waals surface area contributed by atoms with Gasteiger partial charge in [0.2, 0.25) is 11.8 Å². The molecule has 4 aromatic heterocycles. The predicted molar refractivity (Wildman–Crippen MR) is 172 cm³/mol. The number of methoxy groups -OCH3 is 1. The summed E-state index contributed by atoms with van der Waals surface area (Å²) in [7, 11) is 3.07. The van der Waals surface area contributed by atoms with Crippen LogP contribution in [-0.4, -0.2) is 68.2 Å². The summed E-state index contributed by atoms with van der Waals surface area (Å²) in [5.74, 6) is 1.85. The normalized spacial score (nSPS) is 14.0. The molecule has 1 aliphatic heterocycles. The number of halogens is 1. The third kappa shape index (κ3) is 5.79. The highest BCUT2D eigenvalue weighted by molar-refractivity contribution is 9.10. The molecule has 5 heterocycles. The third-order valence-corrected chi connectivity index (χ3v) is 9.18. The van der Waals surface area contributed by atoms with Crippen LogP contribution < -0.4 is 26.0 Å². The summed E-state index contributed by atoms with van der Waals surface area (Å²) in [6.07, 6.45) is 11.1. The number of fused-ring (bicyclic) bond motifs is 1. The van der Waals surface area contributed by atoms with Crippen LogP contribution in [0.25, 0.3) is 22.2 Å². The van der Waals surface area contributed by atoms with Gasteiger partial charge in [-0.2, -0.15) is 10.1 Å². The average Bonchev–Trinajstić information content (AvgIpc) is 3.44. The Morgan fingerprint density at radius 2 is 1.83 bits per heavy atom. The van der Waals surface area contributed by atoms with Gasteiger partial charge in [-0.3, -0.25) is 14.6 Å². The zero-order valence-electron chi connectivity index (χ0n) is 23.9. The van der Waals surface area contributed by atoms with Crippen molar-refractivity contribution in [1.82, 2.24) is 40.0 Å². The minimum absolute atomic E-state index is 0.326. The van der Waals surface area contributed by atoms with Crippen LogP contribution in [0.5, 0.6) is 5.88 Å². The van der Waals surface area contributed by atoms with E-state index in [1.165, 1.54) is 0 Å². The van der Waals surface area contributed by atoms with Crippen LogP contribution in [0, 0.1) is 0 Å². The molecule has 6 rings (SSSR count). The minimum atomic E-state index is -0.484. The molecule has 0 radical (unpaired) electrons. The van der Waals surface area contributed by atoms with Crippen molar-refractivity contribution in [3.8, 4) is 17.0 Å². The second-order valence-corrected chi connectivity index (χ2v) is 13.4. The topological polar surface area (TPSA) is 128 Å². The molecule has 13 heteroatoms. The largest absolute Gasteiger partial charge is 0.480 e. The lowest BCUT2D eigenvalue weighted by Gasteiger charge is -2.25. The van der Waals surface area contributed by atoms with Crippen LogP contribution >= 0.6 is 23.9 Å². The van der Waals surface area contributed by atoms with Crippen molar-refractivity contribution in [2.45, 2.75) is 18.8 Å². The SMILES string of the molecule is COc1nc(C2CCNCC2)c(-c2cnn(C)c2)cc1Nc1ncc(Br)c(Nc2ccc3nccnc3c2P(C)C)n1. The molecule has 11 nitrogen and oxygen atoms in total. The maximum Gasteiger partial charge on any atom is 0.237 e. The van der Waals surface area contributed by atoms with Crippen molar-refractivity contribution < 1.29 is 4.74 Å². The van der Waals surface area contributed by atoms with E-state index in [2.05, 4.69) is 71.3 Å². The van der Waals surface area contributed by atoms with Crippen molar-refractivity contribution >= 4 is 63.3 Å². The van der Waals surface area contributed by atoms with E-state index < -0.39 is 7.92 Å². The van der Waals surface area contributed by atoms with Gasteiger partial charge < -0.3 is 20.7 Å². The first-order valence-corrected chi connectivity index (χ1v) is 16.7. The van der Waals surface area contributed by atoms with Gasteiger partial charge in [0.1, 0.15) is 11.5 Å². The number of benzene rings is 1. The summed E-state index contributed by atoms with van der Waals surface area (Å²) in [6.45, 7) is 6.34. The number of aromatic nitrogens is 7. The van der Waals surface area contributed by atoms with Gasteiger partial charge in [0, 0.05) is 59.9 Å². The number of hydrogen-bond donors (Lipinski definition) is 3. The fourth-order valence-corrected chi connectivity index (χ4v) is 6.79. The molecule has 1 saturated heterocycles. The maximum absolute atomic E-state index is 5.78. The fourth-order valence-electron chi connectivity index (χ4n) is 5.29. The molecule has 1 fully saturated rings. The van der Waals surface area contributed by atoms with Crippen LogP contribution in [0.2, 0.25) is 0 Å². The molecule has 1 aromatic carbocycles. The number of nitrogens with one attached hydrogen (secondary N) is 3. The first kappa shape index (κ1) is 28.4. The van der Waals surface area contributed by atoms with E-state index in [0.717, 1.165) is 69.3 Å². The molecule has 0 atom stereocenters. The lowest BCUT2D eigenvalue weighted by molar-refractivity contribution is 0.392. The van der Waals surface area contributed by atoms with Crippen LogP contribution in [0.4, 0.5) is 23.1 Å². The smallest absolute Gasteiger partial charge is 0.237 e. The van der Waals surface area contributed by atoms with Crippen LogP contribution in [0.3, 0.4) is 0 Å². The monoisotopic (exact) mass is 646 g/mol. The molecular weight excluding hydrogens is 615 g/mol. The standard InChI is InChI=1S/C29H32BrN10OP/c1-40-16-18(14-35-40)19-13-23(28(41-2)38-24(19)17-7-9-31-10-8-17)37-29-34-15-20(30)27(39-29)36-22-6-5-21-25(26(22)42(3)4)33-12-11-32-21/h5-6,11-17,31H,7-10H2,1-4H3,(H2,34,36,37,39). The molecule has 0 bridgehead atoms. The van der Waals surface area contributed by atoms with Crippen molar-refractivity contribution in [3.05, 3.63) is 59.3 Å². The van der Waals surface area contributed by atoms with Gasteiger partial charge in [0.25, 0.3) is 0 Å². The molecule has 0 amide bonds. The number of piperidine rings is 1. The molecule has 1 aliphatic rings. The van der Waals surface area contributed by atoms with E-state index >= 15 is 0 Å². The van der Waals surface area contributed by atoms with Crippen molar-refractivity contribution in [1.29, 1.82) is 0 Å². The number of anilines is 4. The van der Waals surface area contributed by atoms with Crippen LogP contribution in [0.1, 0.15) is 24.5 Å². The molecule has 0 unspecified atom stereocenters. The highest BCUT2D eigenvalue weighted by Gasteiger charge is 2.24. The zero-order valence-corrected chi connectivity index (χ0v) is 26.4. The summed E-state index contributed by atoms with van der Waals surface area (Å²) in [6, 6.07) is 6.07. The number of aryl methyl sites for hydroxylation is 1. The van der Waals surface area contributed by atoms with E-state index in [1.807, 2.05) is 31.6 Å². The molecule has 3 N–H and O–H groups in total. The Kier molecular flexibility index (Phi) is 8.28. The molecule has 216 valence electrons. The van der Waals surface area contributed by atoms with Gasteiger partial charge in [-0.25, -0.2) is 9.97 Å². The average molecular weight is 648 g/mol. The molecular formula is C29H32BrN10OP. The Bertz CT molecular complexity index is 1740. The lowest BCUT2D eigenvalue weighted by atomic mass is 9.89.